The van der Waals surface area contributed by atoms with Gasteiger partial charge in [-0.3, -0.25) is 9.59 Å². The summed E-state index contributed by atoms with van der Waals surface area (Å²) in [7, 11) is 1.61. The smallest absolute Gasteiger partial charge is 0.316 e. The number of anilines is 1. The molecule has 0 saturated heterocycles. The van der Waals surface area contributed by atoms with E-state index in [1.165, 1.54) is 11.8 Å². The van der Waals surface area contributed by atoms with Crippen LogP contribution in [0.15, 0.2) is 53.4 Å². The number of thioether (sulfide) groups is 1. The fourth-order valence-corrected chi connectivity index (χ4v) is 3.57. The second-order valence-electron chi connectivity index (χ2n) is 5.90. The van der Waals surface area contributed by atoms with Crippen LogP contribution in [-0.4, -0.2) is 37.9 Å². The van der Waals surface area contributed by atoms with Crippen LogP contribution >= 0.6 is 11.8 Å². The molecule has 0 bridgehead atoms. The first-order valence-electron chi connectivity index (χ1n) is 8.48. The number of aryl methyl sites for hydroxylation is 1. The Morgan fingerprint density at radius 3 is 2.65 bits per heavy atom. The van der Waals surface area contributed by atoms with Gasteiger partial charge in [-0.25, -0.2) is 0 Å². The number of nitrogens with zero attached hydrogens (tertiary/aromatic N) is 1. The highest BCUT2D eigenvalue weighted by Crippen LogP contribution is 2.26. The highest BCUT2D eigenvalue weighted by Gasteiger charge is 2.22. The van der Waals surface area contributed by atoms with Gasteiger partial charge in [-0.1, -0.05) is 18.2 Å². The standard InChI is InChI=1S/C20H21NO4S/c1-24-16-8-10-17(11-9-16)26-14-20(23)25-13-19(22)21-12-4-6-15-5-2-3-7-18(15)21/h2-3,5,7-11H,4,6,12-14H2,1H3. The molecule has 0 saturated carbocycles. The predicted octanol–water partition coefficient (Wildman–Crippen LogP) is 3.31. The summed E-state index contributed by atoms with van der Waals surface area (Å²) in [6.45, 7) is 0.435. The lowest BCUT2D eigenvalue weighted by Crippen LogP contribution is -2.38. The predicted molar refractivity (Wildman–Crippen MR) is 102 cm³/mol. The normalized spacial score (nSPS) is 13.0. The zero-order valence-electron chi connectivity index (χ0n) is 14.6. The molecule has 0 unspecified atom stereocenters. The van der Waals surface area contributed by atoms with E-state index >= 15 is 0 Å². The first-order valence-corrected chi connectivity index (χ1v) is 9.46. The maximum atomic E-state index is 12.4. The summed E-state index contributed by atoms with van der Waals surface area (Å²) in [5.74, 6) is 0.352. The van der Waals surface area contributed by atoms with Gasteiger partial charge >= 0.3 is 5.97 Å². The van der Waals surface area contributed by atoms with Crippen LogP contribution in [0.25, 0.3) is 0 Å². The molecule has 6 heteroatoms. The Morgan fingerprint density at radius 1 is 1.12 bits per heavy atom. The van der Waals surface area contributed by atoms with Crippen LogP contribution in [0.3, 0.4) is 0 Å². The molecule has 1 heterocycles. The second kappa shape index (κ2) is 8.76. The van der Waals surface area contributed by atoms with E-state index in [-0.39, 0.29) is 18.3 Å². The van der Waals surface area contributed by atoms with Gasteiger partial charge in [0.05, 0.1) is 12.9 Å². The Labute approximate surface area is 157 Å². The van der Waals surface area contributed by atoms with E-state index in [4.69, 9.17) is 9.47 Å². The maximum absolute atomic E-state index is 12.4. The van der Waals surface area contributed by atoms with Crippen molar-refractivity contribution in [2.75, 3.05) is 30.9 Å². The molecule has 0 N–H and O–H groups in total. The minimum absolute atomic E-state index is 0.163. The SMILES string of the molecule is COc1ccc(SCC(=O)OCC(=O)N2CCCc3ccccc32)cc1. The van der Waals surface area contributed by atoms with Crippen LogP contribution in [0.5, 0.6) is 5.75 Å². The molecule has 0 aromatic heterocycles. The van der Waals surface area contributed by atoms with Crippen molar-refractivity contribution in [3.8, 4) is 5.75 Å². The molecule has 3 rings (SSSR count). The monoisotopic (exact) mass is 371 g/mol. The third kappa shape index (κ3) is 4.58. The van der Waals surface area contributed by atoms with Crippen LogP contribution in [0, 0.1) is 0 Å². The van der Waals surface area contributed by atoms with Gasteiger partial charge in [0, 0.05) is 17.1 Å². The number of carbonyl (C=O) groups excluding carboxylic acids is 2. The minimum atomic E-state index is -0.399. The zero-order valence-corrected chi connectivity index (χ0v) is 15.5. The van der Waals surface area contributed by atoms with Gasteiger partial charge in [0.2, 0.25) is 0 Å². The molecule has 1 amide bonds. The van der Waals surface area contributed by atoms with E-state index in [0.717, 1.165) is 34.7 Å². The number of fused-ring (bicyclic) bond motifs is 1. The molecule has 5 nitrogen and oxygen atoms in total. The number of hydrogen-bond donors (Lipinski definition) is 0. The van der Waals surface area contributed by atoms with Crippen LogP contribution in [0.1, 0.15) is 12.0 Å². The summed E-state index contributed by atoms with van der Waals surface area (Å²) in [6, 6.07) is 15.3. The fraction of sp³-hybridized carbons (Fsp3) is 0.300. The first-order chi connectivity index (χ1) is 12.7. The zero-order chi connectivity index (χ0) is 18.4. The molecule has 0 fully saturated rings. The molecule has 0 atom stereocenters. The summed E-state index contributed by atoms with van der Waals surface area (Å²) in [5.41, 5.74) is 2.08. The van der Waals surface area contributed by atoms with Crippen LogP contribution in [0.4, 0.5) is 5.69 Å². The highest BCUT2D eigenvalue weighted by molar-refractivity contribution is 8.00. The quantitative estimate of drug-likeness (QED) is 0.576. The summed E-state index contributed by atoms with van der Waals surface area (Å²) in [4.78, 5) is 27.0. The summed E-state index contributed by atoms with van der Waals surface area (Å²) in [5, 5.41) is 0. The molecule has 2 aromatic carbocycles. The molecule has 0 aliphatic carbocycles. The first kappa shape index (κ1) is 18.3. The lowest BCUT2D eigenvalue weighted by atomic mass is 10.0. The van der Waals surface area contributed by atoms with Gasteiger partial charge in [-0.05, 0) is 48.7 Å². The number of para-hydroxylation sites is 1. The van der Waals surface area contributed by atoms with Crippen LogP contribution in [0.2, 0.25) is 0 Å². The van der Waals surface area contributed by atoms with E-state index in [0.29, 0.717) is 6.54 Å². The van der Waals surface area contributed by atoms with Crippen molar-refractivity contribution in [3.63, 3.8) is 0 Å². The highest BCUT2D eigenvalue weighted by atomic mass is 32.2. The van der Waals surface area contributed by atoms with Gasteiger partial charge in [-0.2, -0.15) is 0 Å². The lowest BCUT2D eigenvalue weighted by Gasteiger charge is -2.29. The summed E-state index contributed by atoms with van der Waals surface area (Å²) in [6.07, 6.45) is 1.89. The molecule has 1 aliphatic rings. The van der Waals surface area contributed by atoms with E-state index in [2.05, 4.69) is 0 Å². The number of ether oxygens (including phenoxy) is 2. The van der Waals surface area contributed by atoms with E-state index < -0.39 is 5.97 Å². The van der Waals surface area contributed by atoms with Gasteiger partial charge in [0.25, 0.3) is 5.91 Å². The molecule has 136 valence electrons. The van der Waals surface area contributed by atoms with Crippen molar-refractivity contribution >= 4 is 29.3 Å². The number of benzene rings is 2. The Balaban J connectivity index is 1.48. The van der Waals surface area contributed by atoms with Crippen molar-refractivity contribution in [2.24, 2.45) is 0 Å². The average Bonchev–Trinajstić information content (AvgIpc) is 2.70. The van der Waals surface area contributed by atoms with Gasteiger partial charge in [0.1, 0.15) is 5.75 Å². The topological polar surface area (TPSA) is 55.8 Å². The van der Waals surface area contributed by atoms with Crippen molar-refractivity contribution in [1.29, 1.82) is 0 Å². The van der Waals surface area contributed by atoms with Gasteiger partial charge in [0.15, 0.2) is 6.61 Å². The molecular formula is C20H21NO4S. The van der Waals surface area contributed by atoms with E-state index in [1.807, 2.05) is 48.5 Å². The van der Waals surface area contributed by atoms with Crippen molar-refractivity contribution in [2.45, 2.75) is 17.7 Å². The third-order valence-corrected chi connectivity index (χ3v) is 5.17. The molecule has 1 aliphatic heterocycles. The van der Waals surface area contributed by atoms with Gasteiger partial charge < -0.3 is 14.4 Å². The molecule has 26 heavy (non-hydrogen) atoms. The number of amides is 1. The average molecular weight is 371 g/mol. The van der Waals surface area contributed by atoms with Crippen molar-refractivity contribution in [1.82, 2.24) is 0 Å². The van der Waals surface area contributed by atoms with E-state index in [1.54, 1.807) is 12.0 Å². The summed E-state index contributed by atoms with van der Waals surface area (Å²) < 4.78 is 10.3. The molecule has 0 radical (unpaired) electrons. The van der Waals surface area contributed by atoms with Crippen molar-refractivity contribution < 1.29 is 19.1 Å². The van der Waals surface area contributed by atoms with Crippen molar-refractivity contribution in [3.05, 3.63) is 54.1 Å². The van der Waals surface area contributed by atoms with E-state index in [9.17, 15) is 9.59 Å². The third-order valence-electron chi connectivity index (χ3n) is 4.18. The maximum Gasteiger partial charge on any atom is 0.316 e. The molecular weight excluding hydrogens is 350 g/mol. The largest absolute Gasteiger partial charge is 0.497 e. The Morgan fingerprint density at radius 2 is 1.88 bits per heavy atom. The van der Waals surface area contributed by atoms with Gasteiger partial charge in [-0.15, -0.1) is 11.8 Å². The number of carbonyl (C=O) groups is 2. The Bertz CT molecular complexity index is 776. The summed E-state index contributed by atoms with van der Waals surface area (Å²) >= 11 is 1.37. The second-order valence-corrected chi connectivity index (χ2v) is 6.95. The Kier molecular flexibility index (Phi) is 6.17. The number of rotatable bonds is 6. The minimum Gasteiger partial charge on any atom is -0.497 e. The number of hydrogen-bond acceptors (Lipinski definition) is 5. The Hall–Kier alpha value is -2.47. The van der Waals surface area contributed by atoms with Crippen LogP contribution < -0.4 is 9.64 Å². The molecule has 2 aromatic rings. The van der Waals surface area contributed by atoms with Crippen LogP contribution in [-0.2, 0) is 20.7 Å². The fourth-order valence-electron chi connectivity index (χ4n) is 2.87. The number of esters is 1. The number of methoxy groups -OCH3 is 1. The molecule has 0 spiro atoms. The lowest BCUT2D eigenvalue weighted by molar-refractivity contribution is -0.145.